The van der Waals surface area contributed by atoms with Gasteiger partial charge in [-0.15, -0.1) is 0 Å². The Morgan fingerprint density at radius 3 is 2.39 bits per heavy atom. The number of hydrogen-bond acceptors (Lipinski definition) is 4. The fourth-order valence-electron chi connectivity index (χ4n) is 1.86. The maximum atomic E-state index is 12.6. The number of nitrogens with zero attached hydrogens (tertiary/aromatic N) is 3. The van der Waals surface area contributed by atoms with Gasteiger partial charge < -0.3 is 0 Å². The van der Waals surface area contributed by atoms with E-state index in [1.807, 2.05) is 0 Å². The molecule has 1 N–H and O–H groups in total. The lowest BCUT2D eigenvalue weighted by molar-refractivity contribution is -0.696. The van der Waals surface area contributed by atoms with Crippen LogP contribution >= 0.6 is 0 Å². The number of halogens is 3. The van der Waals surface area contributed by atoms with E-state index >= 15 is 0 Å². The summed E-state index contributed by atoms with van der Waals surface area (Å²) in [7, 11) is -4.00. The highest BCUT2D eigenvalue weighted by atomic mass is 32.2. The van der Waals surface area contributed by atoms with Gasteiger partial charge in [0.25, 0.3) is 10.1 Å². The van der Waals surface area contributed by atoms with Gasteiger partial charge in [0.2, 0.25) is 5.82 Å². The minimum Gasteiger partial charge on any atom is -0.286 e. The second-order valence-electron chi connectivity index (χ2n) is 4.73. The average molecular weight is 348 g/mol. The second kappa shape index (κ2) is 6.59. The van der Waals surface area contributed by atoms with E-state index < -0.39 is 22.1 Å². The predicted octanol–water partition coefficient (Wildman–Crippen LogP) is 1.73. The molecule has 0 fully saturated rings. The molecule has 10 heteroatoms. The van der Waals surface area contributed by atoms with Crippen molar-refractivity contribution in [1.29, 1.82) is 0 Å². The van der Waals surface area contributed by atoms with Crippen molar-refractivity contribution in [2.75, 3.05) is 5.75 Å². The van der Waals surface area contributed by atoms with Crippen LogP contribution in [0.15, 0.2) is 36.8 Å². The van der Waals surface area contributed by atoms with Crippen LogP contribution in [-0.2, 0) is 22.8 Å². The van der Waals surface area contributed by atoms with Gasteiger partial charge in [-0.05, 0) is 6.07 Å². The zero-order valence-corrected chi connectivity index (χ0v) is 12.5. The van der Waals surface area contributed by atoms with Gasteiger partial charge in [0.1, 0.15) is 6.54 Å². The lowest BCUT2D eigenvalue weighted by Crippen LogP contribution is -2.33. The van der Waals surface area contributed by atoms with E-state index in [2.05, 4.69) is 9.97 Å². The molecule has 0 unspecified atom stereocenters. The summed E-state index contributed by atoms with van der Waals surface area (Å²) >= 11 is 0. The smallest absolute Gasteiger partial charge is 0.286 e. The van der Waals surface area contributed by atoms with Crippen LogP contribution in [0.2, 0.25) is 0 Å². The molecule has 2 rings (SSSR count). The molecule has 0 aromatic carbocycles. The zero-order chi connectivity index (χ0) is 17.1. The van der Waals surface area contributed by atoms with Gasteiger partial charge in [0.05, 0.1) is 11.4 Å². The quantitative estimate of drug-likeness (QED) is 0.657. The summed E-state index contributed by atoms with van der Waals surface area (Å²) in [6, 6.07) is 4.50. The highest BCUT2D eigenvalue weighted by Crippen LogP contribution is 2.27. The maximum absolute atomic E-state index is 12.6. The molecule has 0 bridgehead atoms. The fourth-order valence-corrected chi connectivity index (χ4v) is 2.36. The van der Waals surface area contributed by atoms with E-state index in [1.54, 1.807) is 29.1 Å². The molecule has 0 saturated carbocycles. The Kier molecular flexibility index (Phi) is 4.95. The van der Waals surface area contributed by atoms with Crippen LogP contribution in [0.4, 0.5) is 13.2 Å². The van der Waals surface area contributed by atoms with Crippen LogP contribution in [0, 0.1) is 0 Å². The molecule has 0 radical (unpaired) electrons. The van der Waals surface area contributed by atoms with Crippen LogP contribution in [0.1, 0.15) is 12.2 Å². The van der Waals surface area contributed by atoms with Crippen molar-refractivity contribution < 1.29 is 30.7 Å². The monoisotopic (exact) mass is 348 g/mol. The third-order valence-electron chi connectivity index (χ3n) is 2.91. The summed E-state index contributed by atoms with van der Waals surface area (Å²) in [5, 5.41) is 0. The number of alkyl halides is 3. The predicted molar refractivity (Wildman–Crippen MR) is 73.7 cm³/mol. The molecule has 0 aliphatic carbocycles. The van der Waals surface area contributed by atoms with Crippen molar-refractivity contribution in [3.05, 3.63) is 42.6 Å². The highest BCUT2D eigenvalue weighted by Gasteiger charge is 2.34. The molecule has 2 heterocycles. The van der Waals surface area contributed by atoms with Crippen molar-refractivity contribution in [3.63, 3.8) is 0 Å². The summed E-state index contributed by atoms with van der Waals surface area (Å²) in [6.07, 6.45) is -0.170. The van der Waals surface area contributed by atoms with Crippen molar-refractivity contribution in [2.45, 2.75) is 19.1 Å². The third-order valence-corrected chi connectivity index (χ3v) is 3.72. The number of aryl methyl sites for hydroxylation is 1. The molecule has 0 spiro atoms. The minimum absolute atomic E-state index is 0.136. The van der Waals surface area contributed by atoms with E-state index in [9.17, 15) is 21.6 Å². The molecule has 0 aliphatic rings. The highest BCUT2D eigenvalue weighted by molar-refractivity contribution is 7.85. The van der Waals surface area contributed by atoms with Crippen molar-refractivity contribution in [1.82, 2.24) is 9.97 Å². The summed E-state index contributed by atoms with van der Waals surface area (Å²) in [5.41, 5.74) is 0.612. The lowest BCUT2D eigenvalue weighted by atomic mass is 10.2. The Bertz CT molecular complexity index is 777. The zero-order valence-electron chi connectivity index (χ0n) is 11.7. The van der Waals surface area contributed by atoms with E-state index in [0.29, 0.717) is 12.1 Å². The van der Waals surface area contributed by atoms with Crippen molar-refractivity contribution >= 4 is 10.1 Å². The van der Waals surface area contributed by atoms with Gasteiger partial charge >= 0.3 is 6.18 Å². The molecule has 124 valence electrons. The first-order chi connectivity index (χ1) is 10.6. The standard InChI is InChI=1S/C13H12F3N3O3S/c14-13(15,16)12-17-5-2-11(18-12)10-3-7-19(8-4-10)6-1-9-23(20,21)22/h2-5,7-8H,1,6,9H2/p+1. The molecule has 2 aromatic heterocycles. The molecular weight excluding hydrogens is 335 g/mol. The Morgan fingerprint density at radius 2 is 1.83 bits per heavy atom. The topological polar surface area (TPSA) is 84.0 Å². The number of rotatable bonds is 5. The lowest BCUT2D eigenvalue weighted by Gasteiger charge is -2.06. The van der Waals surface area contributed by atoms with Crippen LogP contribution in [0.25, 0.3) is 11.3 Å². The molecule has 0 saturated heterocycles. The van der Waals surface area contributed by atoms with E-state index in [1.165, 1.54) is 6.07 Å². The molecule has 0 atom stereocenters. The molecule has 2 aromatic rings. The van der Waals surface area contributed by atoms with E-state index in [-0.39, 0.29) is 17.9 Å². The van der Waals surface area contributed by atoms with Crippen LogP contribution < -0.4 is 4.57 Å². The molecular formula is C13H13F3N3O3S+. The van der Waals surface area contributed by atoms with Crippen LogP contribution in [0.3, 0.4) is 0 Å². The SMILES string of the molecule is O=S(=O)(O)CCC[n+]1ccc(-c2ccnc(C(F)(F)F)n2)cc1. The van der Waals surface area contributed by atoms with E-state index in [0.717, 1.165) is 6.20 Å². The summed E-state index contributed by atoms with van der Waals surface area (Å²) in [5.74, 6) is -1.57. The minimum atomic E-state index is -4.61. The Hall–Kier alpha value is -2.07. The molecule has 23 heavy (non-hydrogen) atoms. The largest absolute Gasteiger partial charge is 0.451 e. The van der Waals surface area contributed by atoms with Gasteiger partial charge in [-0.3, -0.25) is 4.55 Å². The Balaban J connectivity index is 2.11. The first-order valence-electron chi connectivity index (χ1n) is 6.50. The van der Waals surface area contributed by atoms with Crippen LogP contribution in [0.5, 0.6) is 0 Å². The van der Waals surface area contributed by atoms with Gasteiger partial charge in [-0.1, -0.05) is 0 Å². The van der Waals surface area contributed by atoms with Crippen LogP contribution in [-0.4, -0.2) is 28.7 Å². The second-order valence-corrected chi connectivity index (χ2v) is 6.30. The molecule has 6 nitrogen and oxygen atoms in total. The van der Waals surface area contributed by atoms with Gasteiger partial charge in [-0.25, -0.2) is 14.5 Å². The molecule has 0 aliphatic heterocycles. The summed E-state index contributed by atoms with van der Waals surface area (Å²) in [6.45, 7) is 0.345. The normalized spacial score (nSPS) is 12.3. The van der Waals surface area contributed by atoms with Crippen molar-refractivity contribution in [3.8, 4) is 11.3 Å². The summed E-state index contributed by atoms with van der Waals surface area (Å²) < 4.78 is 69.3. The average Bonchev–Trinajstić information content (AvgIpc) is 2.46. The Morgan fingerprint density at radius 1 is 1.17 bits per heavy atom. The number of pyridine rings is 1. The van der Waals surface area contributed by atoms with Gasteiger partial charge in [0.15, 0.2) is 12.4 Å². The first kappa shape index (κ1) is 17.3. The number of aromatic nitrogens is 3. The first-order valence-corrected chi connectivity index (χ1v) is 8.11. The maximum Gasteiger partial charge on any atom is 0.451 e. The van der Waals surface area contributed by atoms with Gasteiger partial charge in [0, 0.05) is 30.3 Å². The summed E-state index contributed by atoms with van der Waals surface area (Å²) in [4.78, 5) is 6.68. The van der Waals surface area contributed by atoms with Gasteiger partial charge in [-0.2, -0.15) is 21.6 Å². The third kappa shape index (κ3) is 5.25. The Labute approximate surface area is 130 Å². The number of hydrogen-bond donors (Lipinski definition) is 1. The van der Waals surface area contributed by atoms with E-state index in [4.69, 9.17) is 4.55 Å². The van der Waals surface area contributed by atoms with Crippen molar-refractivity contribution in [2.24, 2.45) is 0 Å². The molecule has 0 amide bonds. The fraction of sp³-hybridized carbons (Fsp3) is 0.308.